The van der Waals surface area contributed by atoms with Crippen LogP contribution < -0.4 is 0 Å². The first-order chi connectivity index (χ1) is 8.11. The maximum atomic E-state index is 13.5. The van der Waals surface area contributed by atoms with Crippen LogP contribution in [0.3, 0.4) is 0 Å². The van der Waals surface area contributed by atoms with Gasteiger partial charge < -0.3 is 0 Å². The molecule has 2 rings (SSSR count). The van der Waals surface area contributed by atoms with Crippen LogP contribution in [0.1, 0.15) is 21.5 Å². The SMILES string of the molecule is Cc1c(Cl)cccc1C(=O)c1ccccc1F. The summed E-state index contributed by atoms with van der Waals surface area (Å²) in [5, 5.41) is 0.507. The number of rotatable bonds is 2. The van der Waals surface area contributed by atoms with E-state index in [1.807, 2.05) is 0 Å². The van der Waals surface area contributed by atoms with Gasteiger partial charge in [-0.25, -0.2) is 4.39 Å². The molecule has 0 saturated heterocycles. The quantitative estimate of drug-likeness (QED) is 0.734. The Bertz CT molecular complexity index is 578. The Kier molecular flexibility index (Phi) is 3.25. The largest absolute Gasteiger partial charge is 0.288 e. The summed E-state index contributed by atoms with van der Waals surface area (Å²) in [5.74, 6) is -0.861. The van der Waals surface area contributed by atoms with Gasteiger partial charge in [-0.15, -0.1) is 0 Å². The molecule has 0 atom stereocenters. The van der Waals surface area contributed by atoms with E-state index in [-0.39, 0.29) is 11.3 Å². The summed E-state index contributed by atoms with van der Waals surface area (Å²) in [6.45, 7) is 1.75. The zero-order valence-corrected chi connectivity index (χ0v) is 9.96. The second kappa shape index (κ2) is 4.68. The van der Waals surface area contributed by atoms with Crippen molar-refractivity contribution in [2.24, 2.45) is 0 Å². The Balaban J connectivity index is 2.52. The minimum atomic E-state index is -0.517. The van der Waals surface area contributed by atoms with Gasteiger partial charge in [-0.1, -0.05) is 35.9 Å². The van der Waals surface area contributed by atoms with Gasteiger partial charge in [0.15, 0.2) is 5.78 Å². The zero-order valence-electron chi connectivity index (χ0n) is 9.21. The lowest BCUT2D eigenvalue weighted by atomic mass is 9.99. The van der Waals surface area contributed by atoms with Gasteiger partial charge in [0.05, 0.1) is 5.56 Å². The third kappa shape index (κ3) is 2.22. The summed E-state index contributed by atoms with van der Waals surface area (Å²) in [6, 6.07) is 11.0. The van der Waals surface area contributed by atoms with Gasteiger partial charge in [0.2, 0.25) is 0 Å². The Morgan fingerprint density at radius 3 is 2.41 bits per heavy atom. The molecule has 0 radical (unpaired) electrons. The first kappa shape index (κ1) is 11.8. The number of carbonyl (C=O) groups excluding carboxylic acids is 1. The molecular formula is C14H10ClFO. The van der Waals surface area contributed by atoms with E-state index in [1.54, 1.807) is 37.3 Å². The van der Waals surface area contributed by atoms with E-state index in [0.717, 1.165) is 0 Å². The molecule has 1 nitrogen and oxygen atoms in total. The summed E-state index contributed by atoms with van der Waals surface area (Å²) in [7, 11) is 0. The number of hydrogen-bond donors (Lipinski definition) is 0. The van der Waals surface area contributed by atoms with Crippen molar-refractivity contribution in [1.82, 2.24) is 0 Å². The lowest BCUT2D eigenvalue weighted by Gasteiger charge is -2.07. The number of halogens is 2. The molecule has 0 N–H and O–H groups in total. The fourth-order valence-electron chi connectivity index (χ4n) is 1.64. The van der Waals surface area contributed by atoms with E-state index in [2.05, 4.69) is 0 Å². The number of hydrogen-bond acceptors (Lipinski definition) is 1. The molecule has 0 bridgehead atoms. The average molecular weight is 249 g/mol. The normalized spacial score (nSPS) is 10.3. The van der Waals surface area contributed by atoms with Crippen LogP contribution in [0.25, 0.3) is 0 Å². The van der Waals surface area contributed by atoms with Crippen LogP contribution in [0.4, 0.5) is 4.39 Å². The van der Waals surface area contributed by atoms with Crippen molar-refractivity contribution in [3.63, 3.8) is 0 Å². The molecule has 0 aliphatic heterocycles. The maximum absolute atomic E-state index is 13.5. The fraction of sp³-hybridized carbons (Fsp3) is 0.0714. The smallest absolute Gasteiger partial charge is 0.196 e. The summed E-state index contributed by atoms with van der Waals surface area (Å²) < 4.78 is 13.5. The molecule has 3 heteroatoms. The maximum Gasteiger partial charge on any atom is 0.196 e. The van der Waals surface area contributed by atoms with E-state index in [0.29, 0.717) is 16.1 Å². The molecule has 2 aromatic rings. The highest BCUT2D eigenvalue weighted by Crippen LogP contribution is 2.22. The second-order valence-electron chi connectivity index (χ2n) is 3.72. The van der Waals surface area contributed by atoms with Crippen molar-refractivity contribution >= 4 is 17.4 Å². The molecule has 0 fully saturated rings. The van der Waals surface area contributed by atoms with Crippen molar-refractivity contribution in [2.45, 2.75) is 6.92 Å². The van der Waals surface area contributed by atoms with E-state index in [9.17, 15) is 9.18 Å². The minimum Gasteiger partial charge on any atom is -0.288 e. The van der Waals surface area contributed by atoms with E-state index < -0.39 is 5.82 Å². The lowest BCUT2D eigenvalue weighted by Crippen LogP contribution is -2.06. The van der Waals surface area contributed by atoms with Crippen LogP contribution in [0, 0.1) is 12.7 Å². The Morgan fingerprint density at radius 2 is 1.71 bits per heavy atom. The van der Waals surface area contributed by atoms with E-state index >= 15 is 0 Å². The Morgan fingerprint density at radius 1 is 1.06 bits per heavy atom. The Labute approximate surface area is 104 Å². The first-order valence-corrected chi connectivity index (χ1v) is 5.53. The van der Waals surface area contributed by atoms with Gasteiger partial charge in [-0.3, -0.25) is 4.79 Å². The second-order valence-corrected chi connectivity index (χ2v) is 4.13. The highest BCUT2D eigenvalue weighted by molar-refractivity contribution is 6.32. The number of ketones is 1. The van der Waals surface area contributed by atoms with Crippen LogP contribution >= 0.6 is 11.6 Å². The monoisotopic (exact) mass is 248 g/mol. The molecule has 0 aliphatic carbocycles. The van der Waals surface area contributed by atoms with E-state index in [4.69, 9.17) is 11.6 Å². The topological polar surface area (TPSA) is 17.1 Å². The molecule has 0 unspecified atom stereocenters. The van der Waals surface area contributed by atoms with Crippen LogP contribution in [0.2, 0.25) is 5.02 Å². The molecule has 86 valence electrons. The van der Waals surface area contributed by atoms with Crippen LogP contribution in [-0.2, 0) is 0 Å². The summed E-state index contributed by atoms with van der Waals surface area (Å²) in [4.78, 5) is 12.1. The molecule has 0 aliphatic rings. The Hall–Kier alpha value is -1.67. The molecule has 0 saturated carbocycles. The van der Waals surface area contributed by atoms with Gasteiger partial charge in [-0.2, -0.15) is 0 Å². The van der Waals surface area contributed by atoms with Gasteiger partial charge >= 0.3 is 0 Å². The lowest BCUT2D eigenvalue weighted by molar-refractivity contribution is 0.103. The number of benzene rings is 2. The van der Waals surface area contributed by atoms with Crippen molar-refractivity contribution in [3.05, 3.63) is 70.0 Å². The third-order valence-corrected chi connectivity index (χ3v) is 3.04. The summed E-state index contributed by atoms with van der Waals surface area (Å²) in [5.41, 5.74) is 1.17. The van der Waals surface area contributed by atoms with Crippen molar-refractivity contribution < 1.29 is 9.18 Å². The first-order valence-electron chi connectivity index (χ1n) is 5.15. The summed E-state index contributed by atoms with van der Waals surface area (Å²) in [6.07, 6.45) is 0. The summed E-state index contributed by atoms with van der Waals surface area (Å²) >= 11 is 5.94. The third-order valence-electron chi connectivity index (χ3n) is 2.63. The average Bonchev–Trinajstić information content (AvgIpc) is 2.32. The molecule has 0 heterocycles. The molecule has 0 spiro atoms. The molecular weight excluding hydrogens is 239 g/mol. The van der Waals surface area contributed by atoms with Gasteiger partial charge in [-0.05, 0) is 30.7 Å². The van der Waals surface area contributed by atoms with Crippen LogP contribution in [0.5, 0.6) is 0 Å². The van der Waals surface area contributed by atoms with Gasteiger partial charge in [0, 0.05) is 10.6 Å². The van der Waals surface area contributed by atoms with E-state index in [1.165, 1.54) is 12.1 Å². The molecule has 2 aromatic carbocycles. The molecule has 0 aromatic heterocycles. The van der Waals surface area contributed by atoms with Gasteiger partial charge in [0.25, 0.3) is 0 Å². The predicted octanol–water partition coefficient (Wildman–Crippen LogP) is 4.02. The molecule has 17 heavy (non-hydrogen) atoms. The van der Waals surface area contributed by atoms with Crippen LogP contribution in [-0.4, -0.2) is 5.78 Å². The van der Waals surface area contributed by atoms with Crippen LogP contribution in [0.15, 0.2) is 42.5 Å². The molecule has 0 amide bonds. The van der Waals surface area contributed by atoms with Crippen molar-refractivity contribution in [2.75, 3.05) is 0 Å². The highest BCUT2D eigenvalue weighted by Gasteiger charge is 2.16. The standard InChI is InChI=1S/C14H10ClFO/c1-9-10(6-4-7-12(9)15)14(17)11-5-2-3-8-13(11)16/h2-8H,1H3. The predicted molar refractivity (Wildman–Crippen MR) is 66.0 cm³/mol. The van der Waals surface area contributed by atoms with Gasteiger partial charge in [0.1, 0.15) is 5.82 Å². The zero-order chi connectivity index (χ0) is 12.4. The fourth-order valence-corrected chi connectivity index (χ4v) is 1.82. The highest BCUT2D eigenvalue weighted by atomic mass is 35.5. The van der Waals surface area contributed by atoms with Crippen molar-refractivity contribution in [3.8, 4) is 0 Å². The van der Waals surface area contributed by atoms with Crippen molar-refractivity contribution in [1.29, 1.82) is 0 Å². The minimum absolute atomic E-state index is 0.0675. The number of carbonyl (C=O) groups is 1.